The van der Waals surface area contributed by atoms with E-state index in [4.69, 9.17) is 4.74 Å². The average molecular weight is 427 g/mol. The van der Waals surface area contributed by atoms with E-state index in [0.717, 1.165) is 11.3 Å². The molecule has 0 spiro atoms. The van der Waals surface area contributed by atoms with Crippen LogP contribution in [0, 0.1) is 5.82 Å². The molecule has 1 N–H and O–H groups in total. The normalized spacial score (nSPS) is 10.6. The van der Waals surface area contributed by atoms with E-state index in [1.165, 1.54) is 23.9 Å². The quantitative estimate of drug-likeness (QED) is 0.393. The molecule has 0 fully saturated rings. The molecule has 1 aromatic heterocycles. The highest BCUT2D eigenvalue weighted by Gasteiger charge is 2.16. The number of ether oxygens (including phenoxy) is 1. The predicted octanol–water partition coefficient (Wildman–Crippen LogP) is 3.94. The van der Waals surface area contributed by atoms with Gasteiger partial charge in [-0.05, 0) is 29.8 Å². The van der Waals surface area contributed by atoms with Crippen LogP contribution in [0.4, 0.5) is 4.39 Å². The van der Waals surface area contributed by atoms with Crippen molar-refractivity contribution < 1.29 is 13.9 Å². The van der Waals surface area contributed by atoms with Crippen molar-refractivity contribution >= 4 is 17.7 Å². The molecule has 156 valence electrons. The van der Waals surface area contributed by atoms with Gasteiger partial charge in [0.15, 0.2) is 5.16 Å². The average Bonchev–Trinajstić information content (AvgIpc) is 3.17. The molecule has 0 aliphatic carbocycles. The summed E-state index contributed by atoms with van der Waals surface area (Å²) in [6.45, 7) is 4.02. The van der Waals surface area contributed by atoms with Crippen LogP contribution < -0.4 is 10.1 Å². The number of benzene rings is 2. The van der Waals surface area contributed by atoms with Crippen LogP contribution in [0.15, 0.2) is 66.3 Å². The van der Waals surface area contributed by atoms with Crippen molar-refractivity contribution in [3.8, 4) is 11.4 Å². The lowest BCUT2D eigenvalue weighted by molar-refractivity contribution is -0.120. The molecule has 0 saturated carbocycles. The highest BCUT2D eigenvalue weighted by atomic mass is 32.2. The molecule has 0 radical (unpaired) electrons. The number of nitrogens with one attached hydrogen (secondary N) is 1. The van der Waals surface area contributed by atoms with Crippen LogP contribution in [0.25, 0.3) is 5.69 Å². The molecule has 8 heteroatoms. The van der Waals surface area contributed by atoms with E-state index in [2.05, 4.69) is 22.1 Å². The van der Waals surface area contributed by atoms with Crippen LogP contribution in [0.2, 0.25) is 0 Å². The smallest absolute Gasteiger partial charge is 0.220 e. The van der Waals surface area contributed by atoms with E-state index in [1.54, 1.807) is 19.3 Å². The van der Waals surface area contributed by atoms with Gasteiger partial charge in [0.1, 0.15) is 17.4 Å². The van der Waals surface area contributed by atoms with Crippen molar-refractivity contribution in [3.05, 3.63) is 78.4 Å². The highest BCUT2D eigenvalue weighted by Crippen LogP contribution is 2.27. The van der Waals surface area contributed by atoms with Gasteiger partial charge in [-0.25, -0.2) is 4.39 Å². The minimum Gasteiger partial charge on any atom is -0.497 e. The minimum absolute atomic E-state index is 0.0796. The summed E-state index contributed by atoms with van der Waals surface area (Å²) in [6.07, 6.45) is 2.34. The number of aryl methyl sites for hydroxylation is 1. The molecule has 6 nitrogen and oxygen atoms in total. The topological polar surface area (TPSA) is 69.0 Å². The number of amides is 1. The molecule has 0 saturated heterocycles. The second kappa shape index (κ2) is 10.6. The number of hydrogen-bond acceptors (Lipinski definition) is 5. The molecule has 30 heavy (non-hydrogen) atoms. The summed E-state index contributed by atoms with van der Waals surface area (Å²) in [6, 6.07) is 14.0. The van der Waals surface area contributed by atoms with Crippen LogP contribution >= 0.6 is 11.8 Å². The molecule has 0 bridgehead atoms. The van der Waals surface area contributed by atoms with Crippen molar-refractivity contribution in [3.63, 3.8) is 0 Å². The lowest BCUT2D eigenvalue weighted by Gasteiger charge is -2.11. The van der Waals surface area contributed by atoms with E-state index in [-0.39, 0.29) is 18.1 Å². The van der Waals surface area contributed by atoms with Crippen molar-refractivity contribution in [2.75, 3.05) is 13.7 Å². The molecular formula is C22H23FN4O2S. The second-order valence-electron chi connectivity index (χ2n) is 6.45. The lowest BCUT2D eigenvalue weighted by atomic mass is 10.2. The van der Waals surface area contributed by atoms with Crippen molar-refractivity contribution in [1.82, 2.24) is 20.1 Å². The van der Waals surface area contributed by atoms with E-state index in [0.29, 0.717) is 35.4 Å². The molecule has 3 aromatic rings. The summed E-state index contributed by atoms with van der Waals surface area (Å²) in [5.41, 5.74) is 1.69. The molecular weight excluding hydrogens is 403 g/mol. The SMILES string of the molecule is C=CCNC(=O)CCc1nnc(SCc2cccc(F)c2)n1-c1cccc(OC)c1. The Morgan fingerprint density at radius 1 is 1.27 bits per heavy atom. The third kappa shape index (κ3) is 5.70. The maximum Gasteiger partial charge on any atom is 0.220 e. The first-order chi connectivity index (χ1) is 14.6. The van der Waals surface area contributed by atoms with Crippen LogP contribution in [0.5, 0.6) is 5.75 Å². The third-order valence-electron chi connectivity index (χ3n) is 4.29. The monoisotopic (exact) mass is 426 g/mol. The Morgan fingerprint density at radius 3 is 2.87 bits per heavy atom. The molecule has 1 amide bonds. The van der Waals surface area contributed by atoms with E-state index in [1.807, 2.05) is 34.9 Å². The maximum atomic E-state index is 13.5. The number of hydrogen-bond donors (Lipinski definition) is 1. The number of halogens is 1. The number of thioether (sulfide) groups is 1. The van der Waals surface area contributed by atoms with Gasteiger partial charge in [0.25, 0.3) is 0 Å². The fraction of sp³-hybridized carbons (Fsp3) is 0.227. The summed E-state index contributed by atoms with van der Waals surface area (Å²) in [5, 5.41) is 12.1. The van der Waals surface area contributed by atoms with Gasteiger partial charge in [-0.2, -0.15) is 0 Å². The van der Waals surface area contributed by atoms with E-state index < -0.39 is 0 Å². The second-order valence-corrected chi connectivity index (χ2v) is 7.39. The fourth-order valence-electron chi connectivity index (χ4n) is 2.84. The molecule has 0 unspecified atom stereocenters. The van der Waals surface area contributed by atoms with Gasteiger partial charge in [0.05, 0.1) is 12.8 Å². The highest BCUT2D eigenvalue weighted by molar-refractivity contribution is 7.98. The molecule has 2 aromatic carbocycles. The van der Waals surface area contributed by atoms with E-state index in [9.17, 15) is 9.18 Å². The Labute approximate surface area is 179 Å². The summed E-state index contributed by atoms with van der Waals surface area (Å²) in [5.74, 6) is 1.56. The van der Waals surface area contributed by atoms with Crippen molar-refractivity contribution in [2.45, 2.75) is 23.8 Å². The Hall–Kier alpha value is -3.13. The standard InChI is InChI=1S/C22H23FN4O2S/c1-3-12-24-21(28)11-10-20-25-26-22(30-15-16-6-4-7-17(23)13-16)27(20)18-8-5-9-19(14-18)29-2/h3-9,13-14H,1,10-12,15H2,2H3,(H,24,28). The minimum atomic E-state index is -0.270. The Kier molecular flexibility index (Phi) is 7.62. The number of carbonyl (C=O) groups excluding carboxylic acids is 1. The van der Waals surface area contributed by atoms with Gasteiger partial charge >= 0.3 is 0 Å². The fourth-order valence-corrected chi connectivity index (χ4v) is 3.75. The first-order valence-electron chi connectivity index (χ1n) is 9.44. The van der Waals surface area contributed by atoms with E-state index >= 15 is 0 Å². The molecule has 0 aliphatic heterocycles. The van der Waals surface area contributed by atoms with Crippen LogP contribution in [-0.2, 0) is 17.0 Å². The zero-order chi connectivity index (χ0) is 21.3. The molecule has 0 atom stereocenters. The van der Waals surface area contributed by atoms with Crippen LogP contribution in [-0.4, -0.2) is 34.3 Å². The van der Waals surface area contributed by atoms with Crippen molar-refractivity contribution in [1.29, 1.82) is 0 Å². The number of nitrogens with zero attached hydrogens (tertiary/aromatic N) is 3. The number of rotatable bonds is 10. The molecule has 1 heterocycles. The summed E-state index contributed by atoms with van der Waals surface area (Å²) >= 11 is 1.45. The zero-order valence-corrected chi connectivity index (χ0v) is 17.5. The predicted molar refractivity (Wildman–Crippen MR) is 115 cm³/mol. The number of aromatic nitrogens is 3. The first kappa shape index (κ1) is 21.6. The van der Waals surface area contributed by atoms with Gasteiger partial charge in [-0.1, -0.05) is 36.0 Å². The summed E-state index contributed by atoms with van der Waals surface area (Å²) in [4.78, 5) is 12.0. The lowest BCUT2D eigenvalue weighted by Crippen LogP contribution is -2.23. The van der Waals surface area contributed by atoms with Gasteiger partial charge in [-0.15, -0.1) is 16.8 Å². The summed E-state index contributed by atoms with van der Waals surface area (Å²) in [7, 11) is 1.61. The Balaban J connectivity index is 1.85. The van der Waals surface area contributed by atoms with Gasteiger partial charge in [0.2, 0.25) is 5.91 Å². The number of methoxy groups -OCH3 is 1. The Bertz CT molecular complexity index is 1020. The van der Waals surface area contributed by atoms with Gasteiger partial charge in [-0.3, -0.25) is 9.36 Å². The van der Waals surface area contributed by atoms with Gasteiger partial charge in [0, 0.05) is 31.2 Å². The van der Waals surface area contributed by atoms with Crippen LogP contribution in [0.1, 0.15) is 17.8 Å². The van der Waals surface area contributed by atoms with Gasteiger partial charge < -0.3 is 10.1 Å². The molecule has 0 aliphatic rings. The maximum absolute atomic E-state index is 13.5. The Morgan fingerprint density at radius 2 is 2.10 bits per heavy atom. The third-order valence-corrected chi connectivity index (χ3v) is 5.29. The number of carbonyl (C=O) groups is 1. The first-order valence-corrected chi connectivity index (χ1v) is 10.4. The zero-order valence-electron chi connectivity index (χ0n) is 16.7. The molecule has 3 rings (SSSR count). The summed E-state index contributed by atoms with van der Waals surface area (Å²) < 4.78 is 20.7. The largest absolute Gasteiger partial charge is 0.497 e. The van der Waals surface area contributed by atoms with Crippen LogP contribution in [0.3, 0.4) is 0 Å². The van der Waals surface area contributed by atoms with Crippen molar-refractivity contribution in [2.24, 2.45) is 0 Å².